The van der Waals surface area contributed by atoms with Crippen LogP contribution in [0.1, 0.15) is 22.0 Å². The Bertz CT molecular complexity index is 467. The van der Waals surface area contributed by atoms with Gasteiger partial charge in [0.2, 0.25) is 0 Å². The van der Waals surface area contributed by atoms with Crippen LogP contribution in [0.5, 0.6) is 0 Å². The summed E-state index contributed by atoms with van der Waals surface area (Å²) >= 11 is 1.75. The molecule has 0 radical (unpaired) electrons. The zero-order valence-corrected chi connectivity index (χ0v) is 9.61. The summed E-state index contributed by atoms with van der Waals surface area (Å²) in [6.45, 7) is 7.01. The Morgan fingerprint density at radius 2 is 2.07 bits per heavy atom. The summed E-state index contributed by atoms with van der Waals surface area (Å²) in [7, 11) is 0. The molecule has 0 saturated heterocycles. The molecule has 0 bridgehead atoms. The average molecular weight is 209 g/mol. The van der Waals surface area contributed by atoms with Crippen LogP contribution >= 0.6 is 11.3 Å². The standard InChI is InChI=1S/C10H15N3S/c1-6-9(4-5-11)13-7(2)8(3)14-10(13)12-6/h4-5,11H2,1-3H3. The van der Waals surface area contributed by atoms with Crippen LogP contribution in [0.4, 0.5) is 0 Å². The van der Waals surface area contributed by atoms with Crippen molar-refractivity contribution < 1.29 is 0 Å². The van der Waals surface area contributed by atoms with Crippen molar-refractivity contribution in [2.45, 2.75) is 27.2 Å². The molecular weight excluding hydrogens is 194 g/mol. The predicted molar refractivity (Wildman–Crippen MR) is 60.0 cm³/mol. The highest BCUT2D eigenvalue weighted by atomic mass is 32.1. The first-order valence-corrected chi connectivity index (χ1v) is 5.60. The van der Waals surface area contributed by atoms with Gasteiger partial charge in [0.15, 0.2) is 4.96 Å². The lowest BCUT2D eigenvalue weighted by Gasteiger charge is -2.00. The third-order valence-electron chi connectivity index (χ3n) is 2.61. The summed E-state index contributed by atoms with van der Waals surface area (Å²) in [5.41, 5.74) is 9.28. The van der Waals surface area contributed by atoms with Crippen molar-refractivity contribution in [3.63, 3.8) is 0 Å². The zero-order chi connectivity index (χ0) is 10.3. The molecule has 2 rings (SSSR count). The Morgan fingerprint density at radius 1 is 1.36 bits per heavy atom. The van der Waals surface area contributed by atoms with Gasteiger partial charge in [-0.2, -0.15) is 0 Å². The predicted octanol–water partition coefficient (Wildman–Crippen LogP) is 1.82. The van der Waals surface area contributed by atoms with E-state index in [1.807, 2.05) is 0 Å². The van der Waals surface area contributed by atoms with E-state index in [1.165, 1.54) is 16.3 Å². The summed E-state index contributed by atoms with van der Waals surface area (Å²) in [6, 6.07) is 0. The Labute approximate surface area is 87.6 Å². The lowest BCUT2D eigenvalue weighted by atomic mass is 10.2. The number of aryl methyl sites for hydroxylation is 3. The monoisotopic (exact) mass is 209 g/mol. The van der Waals surface area contributed by atoms with Crippen LogP contribution in [0.2, 0.25) is 0 Å². The first-order chi connectivity index (χ1) is 6.65. The number of imidazole rings is 1. The van der Waals surface area contributed by atoms with Gasteiger partial charge in [-0.15, -0.1) is 11.3 Å². The van der Waals surface area contributed by atoms with Crippen LogP contribution in [-0.2, 0) is 6.42 Å². The Balaban J connectivity index is 2.71. The maximum Gasteiger partial charge on any atom is 0.194 e. The second-order valence-electron chi connectivity index (χ2n) is 3.54. The normalized spacial score (nSPS) is 11.4. The number of nitrogens with zero attached hydrogens (tertiary/aromatic N) is 2. The van der Waals surface area contributed by atoms with Gasteiger partial charge in [-0.1, -0.05) is 0 Å². The second kappa shape index (κ2) is 3.37. The van der Waals surface area contributed by atoms with Gasteiger partial charge in [-0.05, 0) is 27.3 Å². The molecule has 76 valence electrons. The first kappa shape index (κ1) is 9.68. The number of nitrogens with two attached hydrogens (primary N) is 1. The number of rotatable bonds is 2. The van der Waals surface area contributed by atoms with Gasteiger partial charge < -0.3 is 5.73 Å². The number of hydrogen-bond acceptors (Lipinski definition) is 3. The van der Waals surface area contributed by atoms with Gasteiger partial charge >= 0.3 is 0 Å². The zero-order valence-electron chi connectivity index (χ0n) is 8.79. The first-order valence-electron chi connectivity index (χ1n) is 4.79. The molecule has 0 spiro atoms. The number of hydrogen-bond donors (Lipinski definition) is 1. The van der Waals surface area contributed by atoms with Crippen LogP contribution < -0.4 is 5.73 Å². The van der Waals surface area contributed by atoms with Crippen LogP contribution in [-0.4, -0.2) is 15.9 Å². The minimum absolute atomic E-state index is 0.683. The molecule has 0 amide bonds. The largest absolute Gasteiger partial charge is 0.330 e. The summed E-state index contributed by atoms with van der Waals surface area (Å²) in [5.74, 6) is 0. The fourth-order valence-electron chi connectivity index (χ4n) is 1.75. The van der Waals surface area contributed by atoms with E-state index in [4.69, 9.17) is 5.73 Å². The highest BCUT2D eigenvalue weighted by molar-refractivity contribution is 7.17. The average Bonchev–Trinajstić information content (AvgIpc) is 2.55. The number of aromatic nitrogens is 2. The highest BCUT2D eigenvalue weighted by Gasteiger charge is 2.13. The van der Waals surface area contributed by atoms with Crippen molar-refractivity contribution in [2.24, 2.45) is 5.73 Å². The molecular formula is C10H15N3S. The van der Waals surface area contributed by atoms with E-state index < -0.39 is 0 Å². The molecule has 2 aromatic rings. The molecule has 3 nitrogen and oxygen atoms in total. The third-order valence-corrected chi connectivity index (χ3v) is 3.67. The summed E-state index contributed by atoms with van der Waals surface area (Å²) in [4.78, 5) is 6.98. The van der Waals surface area contributed by atoms with E-state index in [2.05, 4.69) is 30.2 Å². The molecule has 2 aromatic heterocycles. The van der Waals surface area contributed by atoms with E-state index >= 15 is 0 Å². The van der Waals surface area contributed by atoms with E-state index in [1.54, 1.807) is 11.3 Å². The molecule has 0 saturated carbocycles. The van der Waals surface area contributed by atoms with Crippen LogP contribution in [0.25, 0.3) is 4.96 Å². The van der Waals surface area contributed by atoms with E-state index in [9.17, 15) is 0 Å². The fraction of sp³-hybridized carbons (Fsp3) is 0.500. The van der Waals surface area contributed by atoms with Gasteiger partial charge in [-0.3, -0.25) is 4.40 Å². The molecule has 14 heavy (non-hydrogen) atoms. The molecule has 0 aliphatic carbocycles. The number of fused-ring (bicyclic) bond motifs is 1. The van der Waals surface area contributed by atoms with Crippen molar-refractivity contribution >= 4 is 16.3 Å². The van der Waals surface area contributed by atoms with E-state index in [-0.39, 0.29) is 0 Å². The van der Waals surface area contributed by atoms with Crippen molar-refractivity contribution in [2.75, 3.05) is 6.54 Å². The summed E-state index contributed by atoms with van der Waals surface area (Å²) in [5, 5.41) is 0. The minimum Gasteiger partial charge on any atom is -0.330 e. The van der Waals surface area contributed by atoms with Crippen LogP contribution in [0.15, 0.2) is 0 Å². The molecule has 0 aromatic carbocycles. The van der Waals surface area contributed by atoms with E-state index in [0.29, 0.717) is 6.54 Å². The van der Waals surface area contributed by atoms with Gasteiger partial charge in [0.1, 0.15) is 0 Å². The fourth-order valence-corrected chi connectivity index (χ4v) is 2.78. The molecule has 0 fully saturated rings. The molecule has 0 aliphatic heterocycles. The Kier molecular flexibility index (Phi) is 2.33. The molecule has 0 unspecified atom stereocenters. The highest BCUT2D eigenvalue weighted by Crippen LogP contribution is 2.24. The Morgan fingerprint density at radius 3 is 2.71 bits per heavy atom. The lowest BCUT2D eigenvalue weighted by Crippen LogP contribution is -2.06. The lowest BCUT2D eigenvalue weighted by molar-refractivity contribution is 0.882. The Hall–Kier alpha value is -0.870. The minimum atomic E-state index is 0.683. The van der Waals surface area contributed by atoms with Gasteiger partial charge in [0.05, 0.1) is 5.69 Å². The number of thiazole rings is 1. The maximum absolute atomic E-state index is 5.60. The molecule has 2 heterocycles. The third kappa shape index (κ3) is 1.26. The van der Waals surface area contributed by atoms with Crippen molar-refractivity contribution in [1.29, 1.82) is 0 Å². The van der Waals surface area contributed by atoms with Crippen molar-refractivity contribution in [3.05, 3.63) is 22.0 Å². The van der Waals surface area contributed by atoms with E-state index in [0.717, 1.165) is 17.1 Å². The van der Waals surface area contributed by atoms with Gasteiger partial charge in [0, 0.05) is 22.7 Å². The quantitative estimate of drug-likeness (QED) is 0.820. The van der Waals surface area contributed by atoms with Crippen LogP contribution in [0, 0.1) is 20.8 Å². The van der Waals surface area contributed by atoms with Crippen molar-refractivity contribution in [1.82, 2.24) is 9.38 Å². The summed E-state index contributed by atoms with van der Waals surface area (Å²) in [6.07, 6.45) is 0.907. The molecule has 2 N–H and O–H groups in total. The van der Waals surface area contributed by atoms with Gasteiger partial charge in [-0.25, -0.2) is 4.98 Å². The smallest absolute Gasteiger partial charge is 0.194 e. The molecule has 0 aliphatic rings. The topological polar surface area (TPSA) is 43.3 Å². The molecule has 0 atom stereocenters. The van der Waals surface area contributed by atoms with Crippen LogP contribution in [0.3, 0.4) is 0 Å². The van der Waals surface area contributed by atoms with Crippen molar-refractivity contribution in [3.8, 4) is 0 Å². The second-order valence-corrected chi connectivity index (χ2v) is 4.73. The summed E-state index contributed by atoms with van der Waals surface area (Å²) < 4.78 is 2.24. The maximum atomic E-state index is 5.60. The molecule has 4 heteroatoms. The van der Waals surface area contributed by atoms with Gasteiger partial charge in [0.25, 0.3) is 0 Å². The SMILES string of the molecule is Cc1nc2sc(C)c(C)n2c1CCN.